The molecule has 1 aromatic carbocycles. The van der Waals surface area contributed by atoms with E-state index in [4.69, 9.17) is 10.6 Å². The highest BCUT2D eigenvalue weighted by Crippen LogP contribution is 2.41. The van der Waals surface area contributed by atoms with Gasteiger partial charge in [0.1, 0.15) is 0 Å². The van der Waals surface area contributed by atoms with Gasteiger partial charge < -0.3 is 5.11 Å². The maximum absolute atomic E-state index is 8.88. The van der Waals surface area contributed by atoms with Gasteiger partial charge in [-0.2, -0.15) is 0 Å². The number of benzene rings is 1. The quantitative estimate of drug-likeness (QED) is 0.459. The van der Waals surface area contributed by atoms with Crippen LogP contribution in [0.4, 0.5) is 0 Å². The minimum atomic E-state index is -0.294. The Morgan fingerprint density at radius 1 is 1.29 bits per heavy atom. The SMILES string of the molecule is CC(C)c1cccc(C2(N=[N+]=[N-])CCCCC2)c1.CCO. The highest BCUT2D eigenvalue weighted by atomic mass is 16.2. The van der Waals surface area contributed by atoms with Crippen molar-refractivity contribution in [3.05, 3.63) is 45.8 Å². The number of rotatable bonds is 3. The lowest BCUT2D eigenvalue weighted by Gasteiger charge is -2.33. The minimum absolute atomic E-state index is 0.250. The molecule has 1 aliphatic carbocycles. The zero-order valence-corrected chi connectivity index (χ0v) is 13.4. The summed E-state index contributed by atoms with van der Waals surface area (Å²) in [6, 6.07) is 8.59. The smallest absolute Gasteiger partial charge is 0.0738 e. The minimum Gasteiger partial charge on any atom is -0.397 e. The van der Waals surface area contributed by atoms with Crippen LogP contribution in [0.15, 0.2) is 29.4 Å². The summed E-state index contributed by atoms with van der Waals surface area (Å²) < 4.78 is 0. The Kier molecular flexibility index (Phi) is 7.27. The van der Waals surface area contributed by atoms with Crippen molar-refractivity contribution in [3.8, 4) is 0 Å². The van der Waals surface area contributed by atoms with Gasteiger partial charge in [-0.1, -0.05) is 62.5 Å². The zero-order valence-electron chi connectivity index (χ0n) is 13.4. The highest BCUT2D eigenvalue weighted by molar-refractivity contribution is 5.32. The summed E-state index contributed by atoms with van der Waals surface area (Å²) in [7, 11) is 0. The van der Waals surface area contributed by atoms with E-state index < -0.39 is 0 Å². The van der Waals surface area contributed by atoms with E-state index in [0.717, 1.165) is 25.7 Å². The van der Waals surface area contributed by atoms with Gasteiger partial charge in [-0.25, -0.2) is 0 Å². The largest absolute Gasteiger partial charge is 0.397 e. The third kappa shape index (κ3) is 4.76. The third-order valence-electron chi connectivity index (χ3n) is 4.01. The molecular weight excluding hydrogens is 262 g/mol. The lowest BCUT2D eigenvalue weighted by molar-refractivity contribution is 0.301. The Morgan fingerprint density at radius 3 is 2.43 bits per heavy atom. The number of aliphatic hydroxyl groups excluding tert-OH is 1. The predicted molar refractivity (Wildman–Crippen MR) is 87.2 cm³/mol. The van der Waals surface area contributed by atoms with Gasteiger partial charge in [-0.15, -0.1) is 0 Å². The molecule has 0 atom stereocenters. The number of nitrogens with zero attached hydrogens (tertiary/aromatic N) is 3. The summed E-state index contributed by atoms with van der Waals surface area (Å²) >= 11 is 0. The number of aliphatic hydroxyl groups is 1. The molecule has 21 heavy (non-hydrogen) atoms. The van der Waals surface area contributed by atoms with E-state index in [0.29, 0.717) is 5.92 Å². The van der Waals surface area contributed by atoms with E-state index in [2.05, 4.69) is 48.1 Å². The van der Waals surface area contributed by atoms with E-state index in [1.807, 2.05) is 0 Å². The Labute approximate surface area is 127 Å². The molecule has 0 aliphatic heterocycles. The molecule has 0 heterocycles. The lowest BCUT2D eigenvalue weighted by atomic mass is 9.76. The Bertz CT molecular complexity index is 473. The molecule has 1 fully saturated rings. The predicted octanol–water partition coefficient (Wildman–Crippen LogP) is 5.28. The summed E-state index contributed by atoms with van der Waals surface area (Å²) in [5.74, 6) is 0.511. The van der Waals surface area contributed by atoms with E-state index in [1.165, 1.54) is 17.5 Å². The van der Waals surface area contributed by atoms with E-state index in [9.17, 15) is 0 Å². The molecule has 1 aliphatic rings. The van der Waals surface area contributed by atoms with Gasteiger partial charge in [0.15, 0.2) is 0 Å². The van der Waals surface area contributed by atoms with Crippen molar-refractivity contribution in [2.24, 2.45) is 5.11 Å². The second-order valence-electron chi connectivity index (χ2n) is 5.88. The van der Waals surface area contributed by atoms with Crippen LogP contribution in [0.25, 0.3) is 10.4 Å². The van der Waals surface area contributed by atoms with E-state index >= 15 is 0 Å². The van der Waals surface area contributed by atoms with Crippen molar-refractivity contribution < 1.29 is 5.11 Å². The number of azide groups is 1. The molecule has 0 bridgehead atoms. The van der Waals surface area contributed by atoms with Gasteiger partial charge in [-0.3, -0.25) is 0 Å². The molecule has 0 radical (unpaired) electrons. The molecule has 0 aromatic heterocycles. The number of hydrogen-bond donors (Lipinski definition) is 1. The monoisotopic (exact) mass is 289 g/mol. The summed E-state index contributed by atoms with van der Waals surface area (Å²) in [5, 5.41) is 11.7. The molecule has 4 nitrogen and oxygen atoms in total. The van der Waals surface area contributed by atoms with Crippen LogP contribution in [-0.4, -0.2) is 11.7 Å². The van der Waals surface area contributed by atoms with Crippen molar-refractivity contribution >= 4 is 0 Å². The van der Waals surface area contributed by atoms with Crippen LogP contribution in [0.2, 0.25) is 0 Å². The van der Waals surface area contributed by atoms with Crippen molar-refractivity contribution in [2.75, 3.05) is 6.61 Å². The molecule has 1 N–H and O–H groups in total. The molecule has 0 saturated heterocycles. The molecule has 2 rings (SSSR count). The van der Waals surface area contributed by atoms with Crippen LogP contribution < -0.4 is 0 Å². The highest BCUT2D eigenvalue weighted by Gasteiger charge is 2.33. The van der Waals surface area contributed by atoms with Gasteiger partial charge in [-0.05, 0) is 42.3 Å². The molecule has 1 aromatic rings. The maximum atomic E-state index is 8.88. The first-order chi connectivity index (χ1) is 10.1. The van der Waals surface area contributed by atoms with Crippen molar-refractivity contribution in [1.29, 1.82) is 0 Å². The number of hydrogen-bond acceptors (Lipinski definition) is 2. The van der Waals surface area contributed by atoms with Gasteiger partial charge in [0.05, 0.1) is 5.54 Å². The fourth-order valence-electron chi connectivity index (χ4n) is 2.86. The van der Waals surface area contributed by atoms with Gasteiger partial charge >= 0.3 is 0 Å². The Morgan fingerprint density at radius 2 is 1.90 bits per heavy atom. The van der Waals surface area contributed by atoms with Crippen LogP contribution >= 0.6 is 0 Å². The first-order valence-corrected chi connectivity index (χ1v) is 7.87. The van der Waals surface area contributed by atoms with Crippen LogP contribution in [0.5, 0.6) is 0 Å². The maximum Gasteiger partial charge on any atom is 0.0738 e. The third-order valence-corrected chi connectivity index (χ3v) is 4.01. The fraction of sp³-hybridized carbons (Fsp3) is 0.647. The van der Waals surface area contributed by atoms with E-state index in [1.54, 1.807) is 6.92 Å². The zero-order chi connectivity index (χ0) is 15.7. The van der Waals surface area contributed by atoms with Crippen molar-refractivity contribution in [3.63, 3.8) is 0 Å². The molecule has 116 valence electrons. The standard InChI is InChI=1S/C15H21N3.C2H6O/c1-12(2)13-7-6-8-14(11-13)15(17-18-16)9-4-3-5-10-15;1-2-3/h6-8,11-12H,3-5,9-10H2,1-2H3;3H,2H2,1H3. The topological polar surface area (TPSA) is 69.0 Å². The van der Waals surface area contributed by atoms with Crippen LogP contribution in [0, 0.1) is 0 Å². The van der Waals surface area contributed by atoms with E-state index in [-0.39, 0.29) is 12.1 Å². The molecule has 0 spiro atoms. The van der Waals surface area contributed by atoms with Gasteiger partial charge in [0.2, 0.25) is 0 Å². The molecule has 0 unspecified atom stereocenters. The van der Waals surface area contributed by atoms with Crippen molar-refractivity contribution in [1.82, 2.24) is 0 Å². The molecule has 4 heteroatoms. The normalized spacial score (nSPS) is 16.6. The van der Waals surface area contributed by atoms with Crippen LogP contribution in [0.3, 0.4) is 0 Å². The molecular formula is C17H27N3O. The van der Waals surface area contributed by atoms with Crippen LogP contribution in [-0.2, 0) is 5.54 Å². The second kappa shape index (κ2) is 8.71. The summed E-state index contributed by atoms with van der Waals surface area (Å²) in [5.41, 5.74) is 11.1. The summed E-state index contributed by atoms with van der Waals surface area (Å²) in [4.78, 5) is 3.11. The fourth-order valence-corrected chi connectivity index (χ4v) is 2.86. The average Bonchev–Trinajstić information content (AvgIpc) is 2.49. The average molecular weight is 289 g/mol. The molecule has 1 saturated carbocycles. The second-order valence-corrected chi connectivity index (χ2v) is 5.88. The van der Waals surface area contributed by atoms with Gasteiger partial charge in [0.25, 0.3) is 0 Å². The summed E-state index contributed by atoms with van der Waals surface area (Å²) in [6.45, 7) is 6.32. The van der Waals surface area contributed by atoms with Crippen molar-refractivity contribution in [2.45, 2.75) is 64.3 Å². The Balaban J connectivity index is 0.000000677. The first-order valence-electron chi connectivity index (χ1n) is 7.87. The Hall–Kier alpha value is -1.51. The first kappa shape index (κ1) is 17.5. The summed E-state index contributed by atoms with van der Waals surface area (Å²) in [6.07, 6.45) is 5.54. The molecule has 0 amide bonds. The van der Waals surface area contributed by atoms with Crippen LogP contribution in [0.1, 0.15) is 69.9 Å². The lowest BCUT2D eigenvalue weighted by Crippen LogP contribution is -2.26. The van der Waals surface area contributed by atoms with Gasteiger partial charge in [0, 0.05) is 11.5 Å².